The third-order valence-corrected chi connectivity index (χ3v) is 6.00. The van der Waals surface area contributed by atoms with Gasteiger partial charge >= 0.3 is 0 Å². The summed E-state index contributed by atoms with van der Waals surface area (Å²) < 4.78 is 53.2. The highest BCUT2D eigenvalue weighted by Crippen LogP contribution is 2.40. The zero-order chi connectivity index (χ0) is 23.9. The highest BCUT2D eigenvalue weighted by atomic mass is 32.2. The maximum atomic E-state index is 13.8. The van der Waals surface area contributed by atoms with Crippen molar-refractivity contribution in [2.45, 2.75) is 13.8 Å². The number of ether oxygens (including phenoxy) is 1. The van der Waals surface area contributed by atoms with Gasteiger partial charge in [0.05, 0.1) is 0 Å². The molecule has 0 saturated heterocycles. The van der Waals surface area contributed by atoms with Crippen molar-refractivity contribution in [3.05, 3.63) is 82.2 Å². The average Bonchev–Trinajstić information content (AvgIpc) is 3.24. The van der Waals surface area contributed by atoms with Crippen LogP contribution in [-0.2, 0) is 17.1 Å². The molecule has 0 aliphatic carbocycles. The molecule has 8 nitrogen and oxygen atoms in total. The van der Waals surface area contributed by atoms with Crippen LogP contribution < -0.4 is 15.0 Å². The smallest absolute Gasteiger partial charge is 0.280 e. The van der Waals surface area contributed by atoms with E-state index in [1.165, 1.54) is 22.8 Å². The molecule has 0 bridgehead atoms. The molecule has 0 atom stereocenters. The molecule has 4 rings (SSSR count). The van der Waals surface area contributed by atoms with Crippen LogP contribution in [0.5, 0.6) is 11.5 Å². The van der Waals surface area contributed by atoms with Crippen molar-refractivity contribution >= 4 is 26.8 Å². The molecule has 0 radical (unpaired) electrons. The fraction of sp³-hybridized carbons (Fsp3) is 0.130. The Morgan fingerprint density at radius 2 is 1.88 bits per heavy atom. The van der Waals surface area contributed by atoms with E-state index in [9.17, 15) is 17.6 Å². The van der Waals surface area contributed by atoms with Gasteiger partial charge in [0.15, 0.2) is 17.5 Å². The second-order valence-electron chi connectivity index (χ2n) is 7.48. The Morgan fingerprint density at radius 3 is 2.55 bits per heavy atom. The Kier molecular flexibility index (Phi) is 5.54. The van der Waals surface area contributed by atoms with Crippen LogP contribution >= 0.6 is 0 Å². The van der Waals surface area contributed by atoms with Crippen LogP contribution in [0.15, 0.2) is 64.1 Å². The van der Waals surface area contributed by atoms with Crippen LogP contribution in [0.1, 0.15) is 11.1 Å². The maximum Gasteiger partial charge on any atom is 0.280 e. The third-order valence-electron chi connectivity index (χ3n) is 5.04. The second kappa shape index (κ2) is 8.21. The lowest BCUT2D eigenvalue weighted by molar-refractivity contribution is 0.474. The normalized spacial score (nSPS) is 11.5. The monoisotopic (exact) mass is 469 g/mol. The predicted molar refractivity (Wildman–Crippen MR) is 123 cm³/mol. The van der Waals surface area contributed by atoms with Crippen LogP contribution in [0.3, 0.4) is 0 Å². The topological polar surface area (TPSA) is 103 Å². The molecule has 2 aromatic heterocycles. The molecular formula is C23H20FN3O5S. The van der Waals surface area contributed by atoms with E-state index >= 15 is 0 Å². The highest BCUT2D eigenvalue weighted by Gasteiger charge is 2.20. The van der Waals surface area contributed by atoms with Gasteiger partial charge in [-0.1, -0.05) is 6.58 Å². The minimum absolute atomic E-state index is 0.118. The SMILES string of the molecule is C=CS(=O)(=O)Nc1ccc(Oc2c(C)cc(F)cc2C)c(-c2cn(C)c(=O)c3ncoc23)c1. The van der Waals surface area contributed by atoms with Crippen LogP contribution in [0.4, 0.5) is 10.1 Å². The van der Waals surface area contributed by atoms with Crippen molar-refractivity contribution in [1.82, 2.24) is 9.55 Å². The minimum atomic E-state index is -3.77. The first kappa shape index (κ1) is 22.3. The van der Waals surface area contributed by atoms with Gasteiger partial charge in [0, 0.05) is 35.5 Å². The molecule has 2 heterocycles. The van der Waals surface area contributed by atoms with Crippen molar-refractivity contribution < 1.29 is 22.0 Å². The summed E-state index contributed by atoms with van der Waals surface area (Å²) in [4.78, 5) is 16.4. The van der Waals surface area contributed by atoms with Crippen LogP contribution in [-0.4, -0.2) is 18.0 Å². The van der Waals surface area contributed by atoms with Gasteiger partial charge in [-0.3, -0.25) is 9.52 Å². The predicted octanol–water partition coefficient (Wildman–Crippen LogP) is 4.63. The van der Waals surface area contributed by atoms with Crippen molar-refractivity contribution in [3.63, 3.8) is 0 Å². The van der Waals surface area contributed by atoms with Crippen LogP contribution in [0, 0.1) is 19.7 Å². The summed E-state index contributed by atoms with van der Waals surface area (Å²) in [5, 5.41) is 0.795. The molecule has 2 aromatic carbocycles. The summed E-state index contributed by atoms with van der Waals surface area (Å²) in [6.07, 6.45) is 2.71. The lowest BCUT2D eigenvalue weighted by Crippen LogP contribution is -2.16. The summed E-state index contributed by atoms with van der Waals surface area (Å²) in [6.45, 7) is 6.74. The number of aryl methyl sites for hydroxylation is 3. The molecule has 4 aromatic rings. The van der Waals surface area contributed by atoms with E-state index in [1.54, 1.807) is 39.2 Å². The number of benzene rings is 2. The summed E-state index contributed by atoms with van der Waals surface area (Å²) >= 11 is 0. The Balaban J connectivity index is 1.96. The molecule has 170 valence electrons. The van der Waals surface area contributed by atoms with E-state index in [4.69, 9.17) is 9.15 Å². The van der Waals surface area contributed by atoms with E-state index in [2.05, 4.69) is 16.3 Å². The zero-order valence-corrected chi connectivity index (χ0v) is 18.9. The van der Waals surface area contributed by atoms with Gasteiger partial charge in [-0.15, -0.1) is 0 Å². The number of oxazole rings is 1. The van der Waals surface area contributed by atoms with E-state index in [1.807, 2.05) is 0 Å². The highest BCUT2D eigenvalue weighted by molar-refractivity contribution is 7.95. The van der Waals surface area contributed by atoms with Gasteiger partial charge in [-0.25, -0.2) is 17.8 Å². The number of nitrogens with one attached hydrogen (secondary N) is 1. The van der Waals surface area contributed by atoms with Crippen LogP contribution in [0.2, 0.25) is 0 Å². The molecule has 0 unspecified atom stereocenters. The average molecular weight is 469 g/mol. The number of pyridine rings is 1. The quantitative estimate of drug-likeness (QED) is 0.442. The molecule has 0 aliphatic rings. The molecule has 1 N–H and O–H groups in total. The van der Waals surface area contributed by atoms with Gasteiger partial charge in [-0.05, 0) is 55.3 Å². The van der Waals surface area contributed by atoms with Crippen LogP contribution in [0.25, 0.3) is 22.2 Å². The molecule has 10 heteroatoms. The van der Waals surface area contributed by atoms with E-state index < -0.39 is 10.0 Å². The minimum Gasteiger partial charge on any atom is -0.456 e. The fourth-order valence-electron chi connectivity index (χ4n) is 3.53. The zero-order valence-electron chi connectivity index (χ0n) is 18.0. The lowest BCUT2D eigenvalue weighted by Gasteiger charge is -2.17. The van der Waals surface area contributed by atoms with Gasteiger partial charge in [0.25, 0.3) is 15.6 Å². The summed E-state index contributed by atoms with van der Waals surface area (Å²) in [5.41, 5.74) is 2.29. The molecule has 0 amide bonds. The van der Waals surface area contributed by atoms with Crippen molar-refractivity contribution in [3.8, 4) is 22.6 Å². The van der Waals surface area contributed by atoms with Crippen molar-refractivity contribution in [1.29, 1.82) is 0 Å². The molecule has 0 spiro atoms. The van der Waals surface area contributed by atoms with Crippen molar-refractivity contribution in [2.24, 2.45) is 7.05 Å². The van der Waals surface area contributed by atoms with E-state index in [0.29, 0.717) is 33.8 Å². The number of rotatable bonds is 6. The molecule has 33 heavy (non-hydrogen) atoms. The third kappa shape index (κ3) is 4.24. The standard InChI is InChI=1S/C23H20FN3O5S/c1-5-33(29,30)26-16-6-7-19(32-21-13(2)8-15(24)9-14(21)3)17(10-16)18-11-27(4)23(28)20-22(18)31-12-25-20/h5-12,26H,1H2,2-4H3. The van der Waals surface area contributed by atoms with E-state index in [0.717, 1.165) is 11.8 Å². The number of aromatic nitrogens is 2. The number of hydrogen-bond acceptors (Lipinski definition) is 6. The summed E-state index contributed by atoms with van der Waals surface area (Å²) in [7, 11) is -2.20. The number of sulfonamides is 1. The van der Waals surface area contributed by atoms with E-state index in [-0.39, 0.29) is 28.2 Å². The van der Waals surface area contributed by atoms with Gasteiger partial charge in [-0.2, -0.15) is 0 Å². The first-order valence-corrected chi connectivity index (χ1v) is 11.3. The Hall–Kier alpha value is -3.92. The van der Waals surface area contributed by atoms with Gasteiger partial charge < -0.3 is 13.7 Å². The molecule has 0 fully saturated rings. The lowest BCUT2D eigenvalue weighted by atomic mass is 10.0. The maximum absolute atomic E-state index is 13.8. The summed E-state index contributed by atoms with van der Waals surface area (Å²) in [6, 6.07) is 7.36. The summed E-state index contributed by atoms with van der Waals surface area (Å²) in [5.74, 6) is 0.412. The first-order valence-electron chi connectivity index (χ1n) is 9.76. The Morgan fingerprint density at radius 1 is 1.18 bits per heavy atom. The largest absolute Gasteiger partial charge is 0.456 e. The van der Waals surface area contributed by atoms with Gasteiger partial charge in [0.1, 0.15) is 17.3 Å². The number of nitrogens with zero attached hydrogens (tertiary/aromatic N) is 2. The fourth-order valence-corrected chi connectivity index (χ4v) is 4.07. The second-order valence-corrected chi connectivity index (χ2v) is 9.11. The number of hydrogen-bond donors (Lipinski definition) is 1. The molecule has 0 saturated carbocycles. The number of anilines is 1. The number of halogens is 1. The molecule has 0 aliphatic heterocycles. The number of fused-ring (bicyclic) bond motifs is 1. The Labute approximate surface area is 189 Å². The molecular weight excluding hydrogens is 449 g/mol. The van der Waals surface area contributed by atoms with Crippen molar-refractivity contribution in [2.75, 3.05) is 4.72 Å². The first-order chi connectivity index (χ1) is 15.6. The Bertz CT molecular complexity index is 1550. The van der Waals surface area contributed by atoms with Gasteiger partial charge in [0.2, 0.25) is 0 Å².